The van der Waals surface area contributed by atoms with Crippen molar-refractivity contribution in [3.05, 3.63) is 24.0 Å². The molecule has 1 aromatic rings. The first kappa shape index (κ1) is 14.9. The van der Waals surface area contributed by atoms with Crippen molar-refractivity contribution in [2.24, 2.45) is 7.05 Å². The number of aryl methyl sites for hydroxylation is 1. The first-order valence-corrected chi connectivity index (χ1v) is 7.36. The topological polar surface area (TPSA) is 49.3 Å². The van der Waals surface area contributed by atoms with Crippen LogP contribution in [0.5, 0.6) is 0 Å². The number of aromatic nitrogens is 1. The standard InChI is InChI=1S/C15H26N4O/c1-18(2)14-6-4-5-13(9-14)17-15(20)16-10-12-7-8-19(3)11-12/h7-8,11,13-14H,4-6,9-10H2,1-3H3,(H2,16,17,20)/t13-,14+/m0/s1. The molecule has 2 rings (SSSR count). The molecule has 1 aliphatic carbocycles. The van der Waals surface area contributed by atoms with Crippen LogP contribution in [0, 0.1) is 0 Å². The molecule has 0 saturated heterocycles. The van der Waals surface area contributed by atoms with Crippen molar-refractivity contribution < 1.29 is 4.79 Å². The number of hydrogen-bond donors (Lipinski definition) is 2. The highest BCUT2D eigenvalue weighted by molar-refractivity contribution is 5.74. The molecule has 5 heteroatoms. The average Bonchev–Trinajstić information content (AvgIpc) is 2.82. The summed E-state index contributed by atoms with van der Waals surface area (Å²) in [4.78, 5) is 14.2. The molecule has 0 aliphatic heterocycles. The molecule has 0 aromatic carbocycles. The van der Waals surface area contributed by atoms with E-state index in [0.29, 0.717) is 18.6 Å². The molecule has 1 fully saturated rings. The summed E-state index contributed by atoms with van der Waals surface area (Å²) in [5, 5.41) is 6.02. The normalized spacial score (nSPS) is 22.8. The maximum atomic E-state index is 11.9. The molecule has 0 unspecified atom stereocenters. The van der Waals surface area contributed by atoms with Crippen molar-refractivity contribution >= 4 is 6.03 Å². The highest BCUT2D eigenvalue weighted by atomic mass is 16.2. The average molecular weight is 278 g/mol. The monoisotopic (exact) mass is 278 g/mol. The zero-order chi connectivity index (χ0) is 14.5. The molecule has 2 amide bonds. The number of nitrogens with one attached hydrogen (secondary N) is 2. The van der Waals surface area contributed by atoms with Crippen LogP contribution in [0.4, 0.5) is 4.79 Å². The molecule has 2 atom stereocenters. The van der Waals surface area contributed by atoms with Gasteiger partial charge >= 0.3 is 6.03 Å². The zero-order valence-electron chi connectivity index (χ0n) is 12.7. The minimum Gasteiger partial charge on any atom is -0.357 e. The lowest BCUT2D eigenvalue weighted by Gasteiger charge is -2.33. The Balaban J connectivity index is 1.73. The quantitative estimate of drug-likeness (QED) is 0.880. The largest absolute Gasteiger partial charge is 0.357 e. The van der Waals surface area contributed by atoms with E-state index in [2.05, 4.69) is 29.6 Å². The Morgan fingerprint density at radius 1 is 1.45 bits per heavy atom. The van der Waals surface area contributed by atoms with Gasteiger partial charge in [-0.2, -0.15) is 0 Å². The Kier molecular flexibility index (Phi) is 5.06. The summed E-state index contributed by atoms with van der Waals surface area (Å²) in [6.45, 7) is 0.580. The van der Waals surface area contributed by atoms with Gasteiger partial charge in [0.2, 0.25) is 0 Å². The van der Waals surface area contributed by atoms with Crippen LogP contribution in [0.15, 0.2) is 18.5 Å². The summed E-state index contributed by atoms with van der Waals surface area (Å²) in [5.41, 5.74) is 1.12. The first-order chi connectivity index (χ1) is 9.54. The SMILES string of the molecule is CN(C)[C@@H]1CCC[C@H](NC(=O)NCc2ccn(C)c2)C1. The Bertz CT molecular complexity index is 441. The van der Waals surface area contributed by atoms with Gasteiger partial charge < -0.3 is 20.1 Å². The van der Waals surface area contributed by atoms with E-state index < -0.39 is 0 Å². The lowest BCUT2D eigenvalue weighted by Crippen LogP contribution is -2.47. The Morgan fingerprint density at radius 2 is 2.25 bits per heavy atom. The summed E-state index contributed by atoms with van der Waals surface area (Å²) in [6, 6.07) is 2.84. The van der Waals surface area contributed by atoms with Gasteiger partial charge in [-0.25, -0.2) is 4.79 Å². The molecular formula is C15H26N4O. The van der Waals surface area contributed by atoms with E-state index in [-0.39, 0.29) is 6.03 Å². The highest BCUT2D eigenvalue weighted by Gasteiger charge is 2.24. The predicted molar refractivity (Wildman–Crippen MR) is 80.5 cm³/mol. The van der Waals surface area contributed by atoms with Crippen molar-refractivity contribution in [1.82, 2.24) is 20.1 Å². The van der Waals surface area contributed by atoms with E-state index >= 15 is 0 Å². The molecule has 20 heavy (non-hydrogen) atoms. The second kappa shape index (κ2) is 6.79. The van der Waals surface area contributed by atoms with Crippen LogP contribution in [0.3, 0.4) is 0 Å². The molecule has 0 spiro atoms. The number of hydrogen-bond acceptors (Lipinski definition) is 2. The van der Waals surface area contributed by atoms with Gasteiger partial charge in [-0.3, -0.25) is 0 Å². The van der Waals surface area contributed by atoms with Crippen molar-refractivity contribution in [2.75, 3.05) is 14.1 Å². The van der Waals surface area contributed by atoms with Crippen molar-refractivity contribution in [2.45, 2.75) is 44.3 Å². The molecule has 5 nitrogen and oxygen atoms in total. The van der Waals surface area contributed by atoms with Crippen LogP contribution in [0.1, 0.15) is 31.2 Å². The van der Waals surface area contributed by atoms with Crippen LogP contribution in [-0.4, -0.2) is 41.7 Å². The minimum atomic E-state index is -0.0572. The van der Waals surface area contributed by atoms with E-state index in [4.69, 9.17) is 0 Å². The fourth-order valence-electron chi connectivity index (χ4n) is 2.85. The van der Waals surface area contributed by atoms with E-state index in [9.17, 15) is 4.79 Å². The van der Waals surface area contributed by atoms with Gasteiger partial charge in [-0.15, -0.1) is 0 Å². The number of carbonyl (C=O) groups is 1. The maximum absolute atomic E-state index is 11.9. The van der Waals surface area contributed by atoms with Crippen molar-refractivity contribution in [3.63, 3.8) is 0 Å². The van der Waals surface area contributed by atoms with Crippen LogP contribution in [0.2, 0.25) is 0 Å². The van der Waals surface area contributed by atoms with Gasteiger partial charge in [-0.1, -0.05) is 0 Å². The Morgan fingerprint density at radius 3 is 2.90 bits per heavy atom. The van der Waals surface area contributed by atoms with Gasteiger partial charge in [0.25, 0.3) is 0 Å². The van der Waals surface area contributed by atoms with Crippen molar-refractivity contribution in [1.29, 1.82) is 0 Å². The number of nitrogens with zero attached hydrogens (tertiary/aromatic N) is 2. The van der Waals surface area contributed by atoms with Crippen LogP contribution >= 0.6 is 0 Å². The smallest absolute Gasteiger partial charge is 0.315 e. The third-order valence-electron chi connectivity index (χ3n) is 4.06. The molecule has 2 N–H and O–H groups in total. The molecule has 1 saturated carbocycles. The van der Waals surface area contributed by atoms with Gasteiger partial charge in [-0.05, 0) is 51.4 Å². The van der Waals surface area contributed by atoms with Crippen molar-refractivity contribution in [3.8, 4) is 0 Å². The van der Waals surface area contributed by atoms with Crippen LogP contribution < -0.4 is 10.6 Å². The predicted octanol–water partition coefficient (Wildman–Crippen LogP) is 1.70. The molecule has 112 valence electrons. The highest BCUT2D eigenvalue weighted by Crippen LogP contribution is 2.21. The second-order valence-electron chi connectivity index (χ2n) is 5.99. The van der Waals surface area contributed by atoms with E-state index in [1.807, 2.05) is 30.1 Å². The van der Waals surface area contributed by atoms with Crippen LogP contribution in [0.25, 0.3) is 0 Å². The molecule has 1 aliphatic rings. The summed E-state index contributed by atoms with van der Waals surface area (Å²) in [7, 11) is 6.21. The molecule has 0 bridgehead atoms. The fourth-order valence-corrected chi connectivity index (χ4v) is 2.85. The molecule has 1 aromatic heterocycles. The number of amides is 2. The van der Waals surface area contributed by atoms with Gasteiger partial charge in [0.1, 0.15) is 0 Å². The maximum Gasteiger partial charge on any atom is 0.315 e. The van der Waals surface area contributed by atoms with E-state index in [0.717, 1.165) is 18.4 Å². The molecular weight excluding hydrogens is 252 g/mol. The first-order valence-electron chi connectivity index (χ1n) is 7.36. The third kappa shape index (κ3) is 4.27. The summed E-state index contributed by atoms with van der Waals surface area (Å²) in [6.07, 6.45) is 8.55. The fraction of sp³-hybridized carbons (Fsp3) is 0.667. The molecule has 1 heterocycles. The lowest BCUT2D eigenvalue weighted by atomic mass is 9.90. The Hall–Kier alpha value is -1.49. The second-order valence-corrected chi connectivity index (χ2v) is 5.99. The van der Waals surface area contributed by atoms with E-state index in [1.54, 1.807) is 0 Å². The zero-order valence-corrected chi connectivity index (χ0v) is 12.7. The number of urea groups is 1. The van der Waals surface area contributed by atoms with Gasteiger partial charge in [0.05, 0.1) is 0 Å². The summed E-state index contributed by atoms with van der Waals surface area (Å²) < 4.78 is 1.98. The minimum absolute atomic E-state index is 0.0572. The van der Waals surface area contributed by atoms with E-state index in [1.165, 1.54) is 12.8 Å². The number of carbonyl (C=O) groups excluding carboxylic acids is 1. The summed E-state index contributed by atoms with van der Waals surface area (Å²) >= 11 is 0. The van der Waals surface area contributed by atoms with Crippen LogP contribution in [-0.2, 0) is 13.6 Å². The molecule has 0 radical (unpaired) electrons. The third-order valence-corrected chi connectivity index (χ3v) is 4.06. The lowest BCUT2D eigenvalue weighted by molar-refractivity contribution is 0.193. The Labute approximate surface area is 121 Å². The summed E-state index contributed by atoms with van der Waals surface area (Å²) in [5.74, 6) is 0. The number of rotatable bonds is 4. The van der Waals surface area contributed by atoms with Gasteiger partial charge in [0, 0.05) is 38.1 Å². The van der Waals surface area contributed by atoms with Gasteiger partial charge in [0.15, 0.2) is 0 Å².